The molecule has 5 rings (SSSR count). The maximum atomic E-state index is 11.7. The molecular formula is C30H30N2O2. The summed E-state index contributed by atoms with van der Waals surface area (Å²) in [4.78, 5) is 18.8. The normalized spacial score (nSPS) is 11.5. The Bertz CT molecular complexity index is 1390. The third kappa shape index (κ3) is 3.79. The molecule has 0 saturated carbocycles. The van der Waals surface area contributed by atoms with E-state index >= 15 is 0 Å². The minimum absolute atomic E-state index is 0.00529. The number of rotatable bonds is 8. The number of aromatic nitrogens is 2. The van der Waals surface area contributed by atoms with Gasteiger partial charge in [0.1, 0.15) is 12.4 Å². The van der Waals surface area contributed by atoms with Crippen molar-refractivity contribution < 1.29 is 9.53 Å². The van der Waals surface area contributed by atoms with Crippen LogP contribution < -0.4 is 4.74 Å². The zero-order valence-corrected chi connectivity index (χ0v) is 19.9. The molecule has 0 saturated heterocycles. The highest BCUT2D eigenvalue weighted by Gasteiger charge is 2.26. The molecule has 2 heterocycles. The molecule has 2 aromatic heterocycles. The number of Topliss-reactive ketones (excluding diaryl/α,β-unsaturated/α-hetero) is 1. The summed E-state index contributed by atoms with van der Waals surface area (Å²) >= 11 is 0. The van der Waals surface area contributed by atoms with Crippen LogP contribution in [0.3, 0.4) is 0 Å². The summed E-state index contributed by atoms with van der Waals surface area (Å²) in [6.45, 7) is 5.98. The number of nitrogens with one attached hydrogen (secondary N) is 2. The number of para-hydroxylation sites is 3. The number of hydrogen-bond donors (Lipinski definition) is 2. The van der Waals surface area contributed by atoms with Crippen molar-refractivity contribution in [3.05, 3.63) is 101 Å². The molecule has 0 fully saturated rings. The van der Waals surface area contributed by atoms with Crippen molar-refractivity contribution in [3.8, 4) is 5.75 Å². The molecule has 4 heteroatoms. The molecule has 172 valence electrons. The van der Waals surface area contributed by atoms with Crippen molar-refractivity contribution in [2.24, 2.45) is 0 Å². The van der Waals surface area contributed by atoms with Crippen LogP contribution in [0.4, 0.5) is 0 Å². The van der Waals surface area contributed by atoms with Crippen LogP contribution in [0.15, 0.2) is 73.1 Å². The highest BCUT2D eigenvalue weighted by molar-refractivity contribution is 5.91. The molecule has 3 aromatic carbocycles. The van der Waals surface area contributed by atoms with Crippen LogP contribution in [0.25, 0.3) is 21.8 Å². The van der Waals surface area contributed by atoms with Gasteiger partial charge in [-0.3, -0.25) is 4.79 Å². The van der Waals surface area contributed by atoms with Gasteiger partial charge in [-0.25, -0.2) is 0 Å². The van der Waals surface area contributed by atoms with E-state index in [1.165, 1.54) is 44.1 Å². The number of ether oxygens (including phenoxy) is 1. The van der Waals surface area contributed by atoms with Gasteiger partial charge in [0.25, 0.3) is 0 Å². The molecule has 34 heavy (non-hydrogen) atoms. The van der Waals surface area contributed by atoms with Gasteiger partial charge < -0.3 is 14.7 Å². The van der Waals surface area contributed by atoms with E-state index in [1.54, 1.807) is 6.92 Å². The van der Waals surface area contributed by atoms with E-state index < -0.39 is 0 Å². The van der Waals surface area contributed by atoms with Crippen molar-refractivity contribution in [1.29, 1.82) is 0 Å². The van der Waals surface area contributed by atoms with Gasteiger partial charge >= 0.3 is 0 Å². The molecule has 0 aliphatic heterocycles. The lowest BCUT2D eigenvalue weighted by Gasteiger charge is -2.21. The molecule has 0 bridgehead atoms. The lowest BCUT2D eigenvalue weighted by molar-refractivity contribution is -0.118. The quantitative estimate of drug-likeness (QED) is 0.269. The van der Waals surface area contributed by atoms with Crippen LogP contribution in [-0.2, 0) is 17.6 Å². The Morgan fingerprint density at radius 1 is 0.765 bits per heavy atom. The Morgan fingerprint density at radius 2 is 1.32 bits per heavy atom. The second kappa shape index (κ2) is 9.22. The summed E-state index contributed by atoms with van der Waals surface area (Å²) < 4.78 is 6.02. The fourth-order valence-electron chi connectivity index (χ4n) is 5.08. The number of H-pyrrole nitrogens is 2. The Kier molecular flexibility index (Phi) is 5.97. The van der Waals surface area contributed by atoms with Crippen LogP contribution in [0.1, 0.15) is 54.5 Å². The second-order valence-electron chi connectivity index (χ2n) is 8.84. The van der Waals surface area contributed by atoms with Crippen LogP contribution in [-0.4, -0.2) is 22.4 Å². The van der Waals surface area contributed by atoms with Crippen LogP contribution in [0, 0.1) is 0 Å². The average Bonchev–Trinajstić information content (AvgIpc) is 3.48. The highest BCUT2D eigenvalue weighted by Crippen LogP contribution is 2.43. The number of benzene rings is 3. The number of aryl methyl sites for hydroxylation is 2. The van der Waals surface area contributed by atoms with E-state index in [0.717, 1.165) is 24.2 Å². The minimum atomic E-state index is -0.0649. The van der Waals surface area contributed by atoms with E-state index in [1.807, 2.05) is 18.2 Å². The molecule has 0 spiro atoms. The van der Waals surface area contributed by atoms with Gasteiger partial charge in [0, 0.05) is 45.7 Å². The number of aromatic amines is 2. The van der Waals surface area contributed by atoms with Crippen molar-refractivity contribution >= 4 is 27.6 Å². The average molecular weight is 451 g/mol. The number of ketones is 1. The predicted octanol–water partition coefficient (Wildman–Crippen LogP) is 6.92. The van der Waals surface area contributed by atoms with Gasteiger partial charge in [0.2, 0.25) is 0 Å². The Morgan fingerprint density at radius 3 is 1.85 bits per heavy atom. The summed E-state index contributed by atoms with van der Waals surface area (Å²) in [5.41, 5.74) is 8.42. The van der Waals surface area contributed by atoms with Crippen LogP contribution >= 0.6 is 0 Å². The summed E-state index contributed by atoms with van der Waals surface area (Å²) in [6.07, 6.45) is 6.21. The summed E-state index contributed by atoms with van der Waals surface area (Å²) in [7, 11) is 0. The maximum absolute atomic E-state index is 11.7. The van der Waals surface area contributed by atoms with E-state index in [2.05, 4.69) is 78.7 Å². The topological polar surface area (TPSA) is 57.9 Å². The molecule has 4 nitrogen and oxygen atoms in total. The van der Waals surface area contributed by atoms with Crippen LogP contribution in [0.5, 0.6) is 5.75 Å². The lowest BCUT2D eigenvalue weighted by atomic mass is 9.83. The van der Waals surface area contributed by atoms with Gasteiger partial charge in [0.05, 0.1) is 0 Å². The monoisotopic (exact) mass is 450 g/mol. The van der Waals surface area contributed by atoms with Gasteiger partial charge in [-0.1, -0.05) is 68.4 Å². The number of carbonyl (C=O) groups is 1. The highest BCUT2D eigenvalue weighted by atomic mass is 16.5. The number of carbonyl (C=O) groups excluding carboxylic acids is 1. The molecule has 0 unspecified atom stereocenters. The van der Waals surface area contributed by atoms with Crippen LogP contribution in [0.2, 0.25) is 0 Å². The fourth-order valence-corrected chi connectivity index (χ4v) is 5.08. The summed E-state index contributed by atoms with van der Waals surface area (Å²) in [6, 6.07) is 21.1. The lowest BCUT2D eigenvalue weighted by Crippen LogP contribution is -2.10. The standard InChI is InChI=1S/C30H30N2O2/c1-4-20-10-8-13-22-25(16-31-29(20)22)28(24-12-6-7-15-27(24)34-18-19(3)33)26-17-32-30-21(5-2)11-9-14-23(26)30/h6-17,28,31-32H,4-5,18H2,1-3H3. The zero-order chi connectivity index (χ0) is 23.7. The number of fused-ring (bicyclic) bond motifs is 2. The molecule has 0 atom stereocenters. The van der Waals surface area contributed by atoms with E-state index in [9.17, 15) is 4.79 Å². The molecule has 0 radical (unpaired) electrons. The second-order valence-corrected chi connectivity index (χ2v) is 8.84. The molecule has 2 N–H and O–H groups in total. The smallest absolute Gasteiger partial charge is 0.167 e. The fraction of sp³-hybridized carbons (Fsp3) is 0.233. The third-order valence-corrected chi connectivity index (χ3v) is 6.71. The SMILES string of the molecule is CCc1cccc2c(C(c3ccccc3OCC(C)=O)c3c[nH]c4c(CC)cccc34)c[nH]c12. The minimum Gasteiger partial charge on any atom is -0.486 e. The molecule has 0 aliphatic carbocycles. The van der Waals surface area contributed by atoms with Gasteiger partial charge in [-0.15, -0.1) is 0 Å². The maximum Gasteiger partial charge on any atom is 0.167 e. The summed E-state index contributed by atoms with van der Waals surface area (Å²) in [5.74, 6) is 0.681. The van der Waals surface area contributed by atoms with E-state index in [4.69, 9.17) is 4.74 Å². The first-order valence-electron chi connectivity index (χ1n) is 12.0. The molecule has 0 amide bonds. The molecular weight excluding hydrogens is 420 g/mol. The predicted molar refractivity (Wildman–Crippen MR) is 139 cm³/mol. The van der Waals surface area contributed by atoms with Crippen molar-refractivity contribution in [2.45, 2.75) is 39.5 Å². The molecule has 0 aliphatic rings. The Balaban J connectivity index is 1.78. The molecule has 5 aromatic rings. The van der Waals surface area contributed by atoms with Gasteiger partial charge in [-0.2, -0.15) is 0 Å². The Hall–Kier alpha value is -3.79. The largest absolute Gasteiger partial charge is 0.486 e. The Labute approximate surface area is 200 Å². The van der Waals surface area contributed by atoms with Crippen molar-refractivity contribution in [3.63, 3.8) is 0 Å². The van der Waals surface area contributed by atoms with Gasteiger partial charge in [0.15, 0.2) is 5.78 Å². The van der Waals surface area contributed by atoms with E-state index in [0.29, 0.717) is 0 Å². The van der Waals surface area contributed by atoms with E-state index in [-0.39, 0.29) is 18.3 Å². The third-order valence-electron chi connectivity index (χ3n) is 6.71. The first-order chi connectivity index (χ1) is 16.6. The first-order valence-corrected chi connectivity index (χ1v) is 12.0. The van der Waals surface area contributed by atoms with Gasteiger partial charge in [-0.05, 0) is 48.1 Å². The number of hydrogen-bond acceptors (Lipinski definition) is 2. The summed E-state index contributed by atoms with van der Waals surface area (Å²) in [5, 5.41) is 2.43. The first kappa shape index (κ1) is 22.0. The van der Waals surface area contributed by atoms with Crippen molar-refractivity contribution in [2.75, 3.05) is 6.61 Å². The zero-order valence-electron chi connectivity index (χ0n) is 19.9. The van der Waals surface area contributed by atoms with Crippen molar-refractivity contribution in [1.82, 2.24) is 9.97 Å².